The smallest absolute Gasteiger partial charge is 0.161 e. The van der Waals surface area contributed by atoms with E-state index in [2.05, 4.69) is 17.5 Å². The van der Waals surface area contributed by atoms with Gasteiger partial charge in [0.15, 0.2) is 11.5 Å². The van der Waals surface area contributed by atoms with E-state index in [4.69, 9.17) is 25.8 Å². The van der Waals surface area contributed by atoms with Crippen molar-refractivity contribution in [2.45, 2.75) is 19.9 Å². The lowest BCUT2D eigenvalue weighted by atomic mass is 10.2. The zero-order valence-electron chi connectivity index (χ0n) is 14.7. The number of halogens is 1. The van der Waals surface area contributed by atoms with Crippen LogP contribution in [0.1, 0.15) is 24.5 Å². The fraction of sp³-hybridized carbons (Fsp3) is 0.316. The summed E-state index contributed by atoms with van der Waals surface area (Å²) in [6.07, 6.45) is 2.65. The van der Waals surface area contributed by atoms with E-state index in [0.29, 0.717) is 29.7 Å². The minimum Gasteiger partial charge on any atom is -0.493 e. The van der Waals surface area contributed by atoms with Crippen LogP contribution in [0.4, 0.5) is 0 Å². The Morgan fingerprint density at radius 3 is 2.52 bits per heavy atom. The molecular weight excluding hydrogens is 340 g/mol. The van der Waals surface area contributed by atoms with Gasteiger partial charge in [-0.25, -0.2) is 0 Å². The molecule has 5 nitrogen and oxygen atoms in total. The highest BCUT2D eigenvalue weighted by atomic mass is 35.5. The number of nitrogens with zero attached hydrogens (tertiary/aromatic N) is 1. The quantitative estimate of drug-likeness (QED) is 0.534. The van der Waals surface area contributed by atoms with Crippen molar-refractivity contribution in [1.29, 1.82) is 0 Å². The average molecular weight is 363 g/mol. The van der Waals surface area contributed by atoms with Gasteiger partial charge in [-0.3, -0.25) is 0 Å². The third-order valence-electron chi connectivity index (χ3n) is 3.46. The van der Waals surface area contributed by atoms with Crippen LogP contribution in [0.2, 0.25) is 5.02 Å². The Hall–Kier alpha value is -2.40. The summed E-state index contributed by atoms with van der Waals surface area (Å²) in [5.74, 6) is 2.16. The standard InChI is InChI=1S/C19H23ClN2O3/c1-4-9-25-17-8-6-16(20)11-15(17)13-22-21-12-14-5-7-18(23-2)19(10-14)24-3/h5-8,10-11,13,21H,4,9,12H2,1-3H3/b22-13+. The summed E-state index contributed by atoms with van der Waals surface area (Å²) in [6, 6.07) is 11.2. The number of hydrogen-bond donors (Lipinski definition) is 1. The SMILES string of the molecule is CCCOc1ccc(Cl)cc1/C=N/NCc1ccc(OC)c(OC)c1. The number of hydrogen-bond acceptors (Lipinski definition) is 5. The molecule has 0 unspecified atom stereocenters. The molecule has 0 aliphatic heterocycles. The van der Waals surface area contributed by atoms with E-state index in [0.717, 1.165) is 23.3 Å². The van der Waals surface area contributed by atoms with Crippen LogP contribution >= 0.6 is 11.6 Å². The van der Waals surface area contributed by atoms with Crippen LogP contribution in [-0.4, -0.2) is 27.0 Å². The number of rotatable bonds is 9. The predicted molar refractivity (Wildman–Crippen MR) is 101 cm³/mol. The van der Waals surface area contributed by atoms with Gasteiger partial charge in [-0.1, -0.05) is 24.6 Å². The maximum Gasteiger partial charge on any atom is 0.161 e. The average Bonchev–Trinajstić information content (AvgIpc) is 2.64. The molecule has 1 N–H and O–H groups in total. The third kappa shape index (κ3) is 5.57. The molecular formula is C19H23ClN2O3. The summed E-state index contributed by atoms with van der Waals surface area (Å²) in [5.41, 5.74) is 4.88. The van der Waals surface area contributed by atoms with Crippen molar-refractivity contribution in [2.75, 3.05) is 20.8 Å². The summed E-state index contributed by atoms with van der Waals surface area (Å²) >= 11 is 6.06. The van der Waals surface area contributed by atoms with Crippen LogP contribution in [0, 0.1) is 0 Å². The lowest BCUT2D eigenvalue weighted by molar-refractivity contribution is 0.317. The zero-order valence-corrected chi connectivity index (χ0v) is 15.5. The second-order valence-electron chi connectivity index (χ2n) is 5.31. The molecule has 0 saturated heterocycles. The van der Waals surface area contributed by atoms with Crippen LogP contribution < -0.4 is 19.6 Å². The lowest BCUT2D eigenvalue weighted by Gasteiger charge is -2.10. The van der Waals surface area contributed by atoms with Crippen molar-refractivity contribution < 1.29 is 14.2 Å². The highest BCUT2D eigenvalue weighted by Gasteiger charge is 2.05. The zero-order chi connectivity index (χ0) is 18.1. The number of benzene rings is 2. The van der Waals surface area contributed by atoms with Crippen molar-refractivity contribution >= 4 is 17.8 Å². The first kappa shape index (κ1) is 18.9. The highest BCUT2D eigenvalue weighted by Crippen LogP contribution is 2.27. The Kier molecular flexibility index (Phi) is 7.41. The highest BCUT2D eigenvalue weighted by molar-refractivity contribution is 6.30. The number of methoxy groups -OCH3 is 2. The van der Waals surface area contributed by atoms with Crippen molar-refractivity contribution in [2.24, 2.45) is 5.10 Å². The van der Waals surface area contributed by atoms with E-state index in [-0.39, 0.29) is 0 Å². The lowest BCUT2D eigenvalue weighted by Crippen LogP contribution is -2.06. The van der Waals surface area contributed by atoms with Gasteiger partial charge >= 0.3 is 0 Å². The van der Waals surface area contributed by atoms with E-state index in [1.54, 1.807) is 26.5 Å². The van der Waals surface area contributed by atoms with E-state index in [1.165, 1.54) is 0 Å². The van der Waals surface area contributed by atoms with Crippen LogP contribution in [0.25, 0.3) is 0 Å². The molecule has 0 atom stereocenters. The molecule has 134 valence electrons. The minimum atomic E-state index is 0.558. The molecule has 0 aliphatic carbocycles. The van der Waals surface area contributed by atoms with E-state index in [1.807, 2.05) is 30.3 Å². The maximum atomic E-state index is 6.06. The van der Waals surface area contributed by atoms with Crippen LogP contribution in [0.3, 0.4) is 0 Å². The molecule has 2 aromatic rings. The van der Waals surface area contributed by atoms with Gasteiger partial charge < -0.3 is 19.6 Å². The van der Waals surface area contributed by atoms with E-state index < -0.39 is 0 Å². The second-order valence-corrected chi connectivity index (χ2v) is 5.75. The Labute approximate surface area is 153 Å². The summed E-state index contributed by atoms with van der Waals surface area (Å²) in [6.45, 7) is 3.28. The topological polar surface area (TPSA) is 52.1 Å². The molecule has 0 bridgehead atoms. The van der Waals surface area contributed by atoms with Crippen LogP contribution in [-0.2, 0) is 6.54 Å². The Bertz CT molecular complexity index is 720. The molecule has 0 radical (unpaired) electrons. The number of hydrazone groups is 1. The number of ether oxygens (including phenoxy) is 3. The van der Waals surface area contributed by atoms with Gasteiger partial charge in [-0.05, 0) is 42.3 Å². The second kappa shape index (κ2) is 9.79. The van der Waals surface area contributed by atoms with Crippen LogP contribution in [0.5, 0.6) is 17.2 Å². The Morgan fingerprint density at radius 1 is 1.04 bits per heavy atom. The summed E-state index contributed by atoms with van der Waals surface area (Å²) in [4.78, 5) is 0. The molecule has 0 fully saturated rings. The molecule has 2 aromatic carbocycles. The summed E-state index contributed by atoms with van der Waals surface area (Å²) in [5, 5.41) is 4.90. The van der Waals surface area contributed by atoms with Crippen molar-refractivity contribution in [3.8, 4) is 17.2 Å². The Balaban J connectivity index is 2.00. The van der Waals surface area contributed by atoms with Gasteiger partial charge in [0.25, 0.3) is 0 Å². The molecule has 25 heavy (non-hydrogen) atoms. The normalized spacial score (nSPS) is 10.7. The van der Waals surface area contributed by atoms with Gasteiger partial charge in [0, 0.05) is 10.6 Å². The van der Waals surface area contributed by atoms with Gasteiger partial charge in [-0.2, -0.15) is 5.10 Å². The molecule has 2 rings (SSSR count). The Morgan fingerprint density at radius 2 is 1.80 bits per heavy atom. The predicted octanol–water partition coefficient (Wildman–Crippen LogP) is 4.27. The monoisotopic (exact) mass is 362 g/mol. The summed E-state index contributed by atoms with van der Waals surface area (Å²) < 4.78 is 16.2. The van der Waals surface area contributed by atoms with Crippen molar-refractivity contribution in [1.82, 2.24) is 5.43 Å². The van der Waals surface area contributed by atoms with E-state index >= 15 is 0 Å². The van der Waals surface area contributed by atoms with Gasteiger partial charge in [-0.15, -0.1) is 0 Å². The first-order chi connectivity index (χ1) is 12.2. The fourth-order valence-electron chi connectivity index (χ4n) is 2.21. The third-order valence-corrected chi connectivity index (χ3v) is 3.69. The van der Waals surface area contributed by atoms with Crippen molar-refractivity contribution in [3.05, 3.63) is 52.5 Å². The first-order valence-electron chi connectivity index (χ1n) is 8.07. The van der Waals surface area contributed by atoms with Gasteiger partial charge in [0.2, 0.25) is 0 Å². The van der Waals surface area contributed by atoms with Crippen LogP contribution in [0.15, 0.2) is 41.5 Å². The minimum absolute atomic E-state index is 0.558. The first-order valence-corrected chi connectivity index (χ1v) is 8.45. The number of nitrogens with one attached hydrogen (secondary N) is 1. The van der Waals surface area contributed by atoms with E-state index in [9.17, 15) is 0 Å². The molecule has 6 heteroatoms. The molecule has 0 amide bonds. The summed E-state index contributed by atoms with van der Waals surface area (Å²) in [7, 11) is 3.23. The largest absolute Gasteiger partial charge is 0.493 e. The maximum absolute atomic E-state index is 6.06. The molecule has 0 aromatic heterocycles. The molecule has 0 spiro atoms. The van der Waals surface area contributed by atoms with Gasteiger partial charge in [0.1, 0.15) is 5.75 Å². The molecule has 0 heterocycles. The fourth-order valence-corrected chi connectivity index (χ4v) is 2.39. The molecule has 0 saturated carbocycles. The molecule has 0 aliphatic rings. The van der Waals surface area contributed by atoms with Gasteiger partial charge in [0.05, 0.1) is 33.6 Å². The van der Waals surface area contributed by atoms with Crippen molar-refractivity contribution in [3.63, 3.8) is 0 Å².